The summed E-state index contributed by atoms with van der Waals surface area (Å²) in [7, 11) is -1.94. The largest absolute Gasteiger partial charge is 0.339 e. The average molecular weight is 393 g/mol. The number of rotatable bonds is 3. The van der Waals surface area contributed by atoms with E-state index < -0.39 is 10.0 Å². The maximum Gasteiger partial charge on any atom is 0.262 e. The molecule has 1 N–H and O–H groups in total. The van der Waals surface area contributed by atoms with Crippen LogP contribution >= 0.6 is 0 Å². The molecule has 3 atom stereocenters. The average Bonchev–Trinajstić information content (AvgIpc) is 3.19. The van der Waals surface area contributed by atoms with Crippen LogP contribution in [-0.4, -0.2) is 47.4 Å². The van der Waals surface area contributed by atoms with Crippen LogP contribution in [0.2, 0.25) is 0 Å². The summed E-state index contributed by atoms with van der Waals surface area (Å²) in [5.74, 6) is -0.372. The van der Waals surface area contributed by atoms with Gasteiger partial charge in [-0.05, 0) is 37.1 Å². The first-order chi connectivity index (χ1) is 13.0. The maximum absolute atomic E-state index is 13.8. The van der Waals surface area contributed by atoms with Crippen LogP contribution in [0.4, 0.5) is 4.39 Å². The van der Waals surface area contributed by atoms with Crippen LogP contribution in [0.25, 0.3) is 0 Å². The molecule has 2 aromatic rings. The molecule has 4 rings (SSSR count). The molecule has 0 spiro atoms. The summed E-state index contributed by atoms with van der Waals surface area (Å²) in [6.45, 7) is 1.19. The molecule has 2 saturated heterocycles. The lowest BCUT2D eigenvalue weighted by Gasteiger charge is -2.30. The van der Waals surface area contributed by atoms with Gasteiger partial charge in [0.25, 0.3) is 10.0 Å². The van der Waals surface area contributed by atoms with Gasteiger partial charge in [-0.3, -0.25) is 0 Å². The Labute approximate surface area is 159 Å². The van der Waals surface area contributed by atoms with Crippen LogP contribution in [0.15, 0.2) is 41.8 Å². The molecule has 1 aromatic heterocycles. The Hall–Kier alpha value is -1.77. The zero-order chi connectivity index (χ0) is 19.0. The zero-order valence-corrected chi connectivity index (χ0v) is 16.2. The molecule has 0 saturated carbocycles. The second-order valence-corrected chi connectivity index (χ2v) is 9.35. The van der Waals surface area contributed by atoms with Gasteiger partial charge in [-0.2, -0.15) is 4.31 Å². The smallest absolute Gasteiger partial charge is 0.262 e. The van der Waals surface area contributed by atoms with Crippen LogP contribution in [0.5, 0.6) is 0 Å². The van der Waals surface area contributed by atoms with Crippen LogP contribution in [0, 0.1) is 5.82 Å². The first-order valence-corrected chi connectivity index (χ1v) is 10.9. The van der Waals surface area contributed by atoms with Gasteiger partial charge in [0.1, 0.15) is 5.82 Å². The minimum absolute atomic E-state index is 0.0226. The maximum atomic E-state index is 13.8. The van der Waals surface area contributed by atoms with E-state index in [4.69, 9.17) is 0 Å². The van der Waals surface area contributed by atoms with E-state index in [2.05, 4.69) is 10.3 Å². The molecule has 0 aliphatic carbocycles. The highest BCUT2D eigenvalue weighted by Gasteiger charge is 2.48. The van der Waals surface area contributed by atoms with Crippen molar-refractivity contribution in [3.05, 3.63) is 48.2 Å². The molecule has 3 heterocycles. The summed E-state index contributed by atoms with van der Waals surface area (Å²) in [5.41, 5.74) is 0.844. The quantitative estimate of drug-likeness (QED) is 0.870. The van der Waals surface area contributed by atoms with Crippen LogP contribution in [0.1, 0.15) is 37.2 Å². The second-order valence-electron chi connectivity index (χ2n) is 7.51. The number of aryl methyl sites for hydroxylation is 1. The predicted molar refractivity (Wildman–Crippen MR) is 100 cm³/mol. The fraction of sp³-hybridized carbons (Fsp3) is 0.526. The van der Waals surface area contributed by atoms with E-state index in [0.29, 0.717) is 6.54 Å². The third-order valence-electron chi connectivity index (χ3n) is 5.68. The molecule has 2 aliphatic heterocycles. The molecule has 2 fully saturated rings. The molecule has 0 bridgehead atoms. The Balaban J connectivity index is 1.73. The van der Waals surface area contributed by atoms with Crippen molar-refractivity contribution in [3.8, 4) is 0 Å². The van der Waals surface area contributed by atoms with Crippen LogP contribution in [0.3, 0.4) is 0 Å². The summed E-state index contributed by atoms with van der Waals surface area (Å²) < 4.78 is 43.6. The van der Waals surface area contributed by atoms with E-state index in [1.165, 1.54) is 24.7 Å². The second kappa shape index (κ2) is 7.33. The Morgan fingerprint density at radius 3 is 2.85 bits per heavy atom. The number of imidazole rings is 1. The SMILES string of the molecule is Cn1cnc(S(=O)(=O)N2C[C@@H](c3cccc(F)c3)[C@@H]3NCCCCC[C@H]32)c1. The highest BCUT2D eigenvalue weighted by atomic mass is 32.2. The molecule has 0 unspecified atom stereocenters. The van der Waals surface area contributed by atoms with Gasteiger partial charge >= 0.3 is 0 Å². The van der Waals surface area contributed by atoms with Crippen molar-refractivity contribution in [2.45, 2.75) is 48.7 Å². The zero-order valence-electron chi connectivity index (χ0n) is 15.4. The van der Waals surface area contributed by atoms with Crippen molar-refractivity contribution < 1.29 is 12.8 Å². The minimum atomic E-state index is -3.70. The summed E-state index contributed by atoms with van der Waals surface area (Å²) >= 11 is 0. The molecule has 2 aliphatic rings. The van der Waals surface area contributed by atoms with Gasteiger partial charge in [-0.25, -0.2) is 17.8 Å². The van der Waals surface area contributed by atoms with E-state index in [-0.39, 0.29) is 28.8 Å². The van der Waals surface area contributed by atoms with Crippen molar-refractivity contribution in [2.24, 2.45) is 7.05 Å². The number of hydrogen-bond acceptors (Lipinski definition) is 4. The van der Waals surface area contributed by atoms with Gasteiger partial charge in [0.15, 0.2) is 5.03 Å². The lowest BCUT2D eigenvalue weighted by atomic mass is 9.88. The van der Waals surface area contributed by atoms with Crippen LogP contribution in [-0.2, 0) is 17.1 Å². The van der Waals surface area contributed by atoms with Gasteiger partial charge in [0, 0.05) is 37.8 Å². The van der Waals surface area contributed by atoms with E-state index in [1.54, 1.807) is 22.0 Å². The standard InChI is InChI=1S/C19H25FN4O2S/c1-23-12-18(22-13-23)27(25,26)24-11-16(14-6-5-7-15(20)10-14)19-17(24)8-3-2-4-9-21-19/h5-7,10,12-13,16-17,19,21H,2-4,8-9,11H2,1H3/t16-,17+,19-/m0/s1. The first-order valence-electron chi connectivity index (χ1n) is 9.45. The predicted octanol–water partition coefficient (Wildman–Crippen LogP) is 2.25. The van der Waals surface area contributed by atoms with E-state index in [9.17, 15) is 12.8 Å². The molecule has 0 radical (unpaired) electrons. The minimum Gasteiger partial charge on any atom is -0.339 e. The molecule has 8 heteroatoms. The fourth-order valence-corrected chi connectivity index (χ4v) is 6.05. The summed E-state index contributed by atoms with van der Waals surface area (Å²) in [6.07, 6.45) is 6.99. The number of nitrogens with zero attached hydrogens (tertiary/aromatic N) is 3. The van der Waals surface area contributed by atoms with E-state index >= 15 is 0 Å². The number of fused-ring (bicyclic) bond motifs is 1. The molecule has 1 aromatic carbocycles. The van der Waals surface area contributed by atoms with E-state index in [0.717, 1.165) is 37.8 Å². The molecular formula is C19H25FN4O2S. The van der Waals surface area contributed by atoms with Crippen molar-refractivity contribution >= 4 is 10.0 Å². The molecule has 27 heavy (non-hydrogen) atoms. The highest BCUT2D eigenvalue weighted by molar-refractivity contribution is 7.89. The van der Waals surface area contributed by atoms with Crippen molar-refractivity contribution in [1.29, 1.82) is 0 Å². The lowest BCUT2D eigenvalue weighted by Crippen LogP contribution is -2.47. The van der Waals surface area contributed by atoms with Crippen LogP contribution < -0.4 is 5.32 Å². The molecule has 0 amide bonds. The van der Waals surface area contributed by atoms with Gasteiger partial charge in [0.2, 0.25) is 0 Å². The number of nitrogens with one attached hydrogen (secondary N) is 1. The van der Waals surface area contributed by atoms with Crippen molar-refractivity contribution in [2.75, 3.05) is 13.1 Å². The summed E-state index contributed by atoms with van der Waals surface area (Å²) in [6, 6.07) is 6.36. The third kappa shape index (κ3) is 3.53. The van der Waals surface area contributed by atoms with Gasteiger partial charge in [0.05, 0.1) is 6.33 Å². The van der Waals surface area contributed by atoms with E-state index in [1.807, 2.05) is 6.07 Å². The number of halogens is 1. The van der Waals surface area contributed by atoms with Crippen molar-refractivity contribution in [3.63, 3.8) is 0 Å². The number of hydrogen-bond donors (Lipinski definition) is 1. The Bertz CT molecular complexity index is 914. The summed E-state index contributed by atoms with van der Waals surface area (Å²) in [5, 5.41) is 3.63. The fourth-order valence-electron chi connectivity index (χ4n) is 4.38. The highest BCUT2D eigenvalue weighted by Crippen LogP contribution is 2.38. The molecular weight excluding hydrogens is 367 g/mol. The third-order valence-corrected chi connectivity index (χ3v) is 7.46. The van der Waals surface area contributed by atoms with Gasteiger partial charge in [-0.1, -0.05) is 25.0 Å². The summed E-state index contributed by atoms with van der Waals surface area (Å²) in [4.78, 5) is 4.08. The molecule has 6 nitrogen and oxygen atoms in total. The Morgan fingerprint density at radius 2 is 2.11 bits per heavy atom. The number of sulfonamides is 1. The van der Waals surface area contributed by atoms with Gasteiger partial charge in [-0.15, -0.1) is 0 Å². The topological polar surface area (TPSA) is 67.2 Å². The Kier molecular flexibility index (Phi) is 5.05. The van der Waals surface area contributed by atoms with Crippen molar-refractivity contribution in [1.82, 2.24) is 19.2 Å². The molecule has 146 valence electrons. The first kappa shape index (κ1) is 18.6. The monoisotopic (exact) mass is 392 g/mol. The lowest BCUT2D eigenvalue weighted by molar-refractivity contribution is 0.301. The number of aromatic nitrogens is 2. The van der Waals surface area contributed by atoms with Gasteiger partial charge < -0.3 is 9.88 Å². The Morgan fingerprint density at radius 1 is 1.26 bits per heavy atom. The number of benzene rings is 1. The normalized spacial score (nSPS) is 27.1.